The Morgan fingerprint density at radius 1 is 1.14 bits per heavy atom. The van der Waals surface area contributed by atoms with Crippen LogP contribution in [0, 0.1) is 5.92 Å². The first-order valence-electron chi connectivity index (χ1n) is 10.2. The molecule has 2 N–H and O–H groups in total. The fourth-order valence-corrected chi connectivity index (χ4v) is 3.52. The van der Waals surface area contributed by atoms with Gasteiger partial charge in [-0.3, -0.25) is 0 Å². The smallest absolute Gasteiger partial charge is 0.315 e. The summed E-state index contributed by atoms with van der Waals surface area (Å²) >= 11 is 0. The highest BCUT2D eigenvalue weighted by atomic mass is 16.5. The predicted octanol–water partition coefficient (Wildman–Crippen LogP) is 3.83. The average molecular weight is 380 g/mol. The Labute approximate surface area is 166 Å². The molecule has 28 heavy (non-hydrogen) atoms. The third-order valence-electron chi connectivity index (χ3n) is 5.26. The van der Waals surface area contributed by atoms with Crippen LogP contribution in [0.3, 0.4) is 0 Å². The molecule has 1 fully saturated rings. The van der Waals surface area contributed by atoms with Crippen LogP contribution in [-0.2, 0) is 11.2 Å². The maximum Gasteiger partial charge on any atom is 0.315 e. The van der Waals surface area contributed by atoms with E-state index in [1.807, 2.05) is 42.5 Å². The van der Waals surface area contributed by atoms with Crippen molar-refractivity contribution in [2.24, 2.45) is 5.92 Å². The van der Waals surface area contributed by atoms with Gasteiger partial charge in [-0.2, -0.15) is 0 Å². The molecule has 1 aliphatic carbocycles. The number of ether oxygens (including phenoxy) is 2. The average Bonchev–Trinajstić information content (AvgIpc) is 3.56. The van der Waals surface area contributed by atoms with Crippen molar-refractivity contribution in [2.45, 2.75) is 31.7 Å². The van der Waals surface area contributed by atoms with Crippen LogP contribution >= 0.6 is 0 Å². The van der Waals surface area contributed by atoms with Gasteiger partial charge in [0.25, 0.3) is 0 Å². The summed E-state index contributed by atoms with van der Waals surface area (Å²) in [6, 6.07) is 15.9. The van der Waals surface area contributed by atoms with Gasteiger partial charge in [0.2, 0.25) is 0 Å². The largest absolute Gasteiger partial charge is 0.493 e. The Morgan fingerprint density at radius 3 is 2.82 bits per heavy atom. The lowest BCUT2D eigenvalue weighted by Gasteiger charge is -2.23. The molecule has 0 radical (unpaired) electrons. The van der Waals surface area contributed by atoms with Crippen LogP contribution < -0.4 is 15.4 Å². The number of hydrogen-bond acceptors (Lipinski definition) is 3. The highest BCUT2D eigenvalue weighted by molar-refractivity contribution is 5.75. The minimum atomic E-state index is -0.208. The van der Waals surface area contributed by atoms with Crippen molar-refractivity contribution < 1.29 is 14.3 Å². The molecule has 148 valence electrons. The van der Waals surface area contributed by atoms with E-state index in [9.17, 15) is 4.79 Å². The van der Waals surface area contributed by atoms with Gasteiger partial charge in [0.15, 0.2) is 0 Å². The molecule has 2 aromatic carbocycles. The maximum atomic E-state index is 12.5. The topological polar surface area (TPSA) is 59.6 Å². The third-order valence-corrected chi connectivity index (χ3v) is 5.26. The summed E-state index contributed by atoms with van der Waals surface area (Å²) in [5, 5.41) is 6.03. The van der Waals surface area contributed by atoms with E-state index in [1.54, 1.807) is 0 Å². The van der Waals surface area contributed by atoms with E-state index >= 15 is 0 Å². The highest BCUT2D eigenvalue weighted by Crippen LogP contribution is 2.30. The van der Waals surface area contributed by atoms with Gasteiger partial charge in [0, 0.05) is 13.2 Å². The molecular formula is C23H28N2O3. The summed E-state index contributed by atoms with van der Waals surface area (Å²) in [7, 11) is 0. The minimum Gasteiger partial charge on any atom is -0.493 e. The number of nitrogens with one attached hydrogen (secondary N) is 2. The molecule has 0 aromatic heterocycles. The Balaban J connectivity index is 1.41. The zero-order valence-electron chi connectivity index (χ0n) is 16.2. The standard InChI is InChI=1S/C23H28N2O3/c26-23(24-12-14-27-16-17-8-9-17)25-22(18-5-2-1-3-6-18)20-10-11-21-19(15-20)7-4-13-28-21/h1-3,5-6,10-11,15,17,22H,4,7-9,12-14,16H2,(H2,24,25,26). The number of amides is 2. The normalized spacial score (nSPS) is 16.6. The molecule has 2 aromatic rings. The van der Waals surface area contributed by atoms with E-state index in [-0.39, 0.29) is 12.1 Å². The fraction of sp³-hybridized carbons (Fsp3) is 0.435. The van der Waals surface area contributed by atoms with E-state index in [1.165, 1.54) is 18.4 Å². The lowest BCUT2D eigenvalue weighted by atomic mass is 9.95. The lowest BCUT2D eigenvalue weighted by molar-refractivity contribution is 0.127. The number of fused-ring (bicyclic) bond motifs is 1. The first-order valence-corrected chi connectivity index (χ1v) is 10.2. The van der Waals surface area contributed by atoms with Gasteiger partial charge in [-0.15, -0.1) is 0 Å². The molecule has 1 aliphatic heterocycles. The molecule has 2 amide bonds. The second kappa shape index (κ2) is 9.11. The molecule has 4 rings (SSSR count). The summed E-state index contributed by atoms with van der Waals surface area (Å²) in [6.45, 7) is 2.65. The Morgan fingerprint density at radius 2 is 2.00 bits per heavy atom. The second-order valence-electron chi connectivity index (χ2n) is 7.58. The SMILES string of the molecule is O=C(NCCOCC1CC1)NC(c1ccccc1)c1ccc2c(c1)CCCO2. The monoisotopic (exact) mass is 380 g/mol. The zero-order valence-corrected chi connectivity index (χ0v) is 16.2. The number of urea groups is 1. The number of rotatable bonds is 8. The van der Waals surface area contributed by atoms with E-state index in [0.717, 1.165) is 48.8 Å². The van der Waals surface area contributed by atoms with Gasteiger partial charge in [-0.05, 0) is 60.4 Å². The van der Waals surface area contributed by atoms with Crippen LogP contribution in [0.5, 0.6) is 5.75 Å². The van der Waals surface area contributed by atoms with Gasteiger partial charge in [-0.25, -0.2) is 4.79 Å². The molecule has 2 aliphatic rings. The summed E-state index contributed by atoms with van der Waals surface area (Å²) < 4.78 is 11.3. The molecule has 1 heterocycles. The van der Waals surface area contributed by atoms with Crippen molar-refractivity contribution in [1.29, 1.82) is 0 Å². The molecule has 1 atom stereocenters. The molecule has 0 bridgehead atoms. The van der Waals surface area contributed by atoms with Crippen LogP contribution in [0.15, 0.2) is 48.5 Å². The third kappa shape index (κ3) is 5.04. The van der Waals surface area contributed by atoms with Crippen molar-refractivity contribution >= 4 is 6.03 Å². The molecule has 0 saturated heterocycles. The van der Waals surface area contributed by atoms with Crippen molar-refractivity contribution in [1.82, 2.24) is 10.6 Å². The Hall–Kier alpha value is -2.53. The van der Waals surface area contributed by atoms with Gasteiger partial charge >= 0.3 is 6.03 Å². The van der Waals surface area contributed by atoms with Crippen LogP contribution in [0.1, 0.15) is 42.0 Å². The molecule has 0 spiro atoms. The molecule has 1 saturated carbocycles. The Bertz CT molecular complexity index is 790. The Kier molecular flexibility index (Phi) is 6.12. The number of carbonyl (C=O) groups is 1. The van der Waals surface area contributed by atoms with Gasteiger partial charge < -0.3 is 20.1 Å². The molecule has 5 heteroatoms. The van der Waals surface area contributed by atoms with Crippen molar-refractivity contribution in [3.8, 4) is 5.75 Å². The van der Waals surface area contributed by atoms with Gasteiger partial charge in [0.05, 0.1) is 19.3 Å². The first-order chi connectivity index (χ1) is 13.8. The summed E-state index contributed by atoms with van der Waals surface area (Å²) in [6.07, 6.45) is 4.59. The zero-order chi connectivity index (χ0) is 19.2. The highest BCUT2D eigenvalue weighted by Gasteiger charge is 2.21. The van der Waals surface area contributed by atoms with Crippen LogP contribution in [0.25, 0.3) is 0 Å². The van der Waals surface area contributed by atoms with Gasteiger partial charge in [-0.1, -0.05) is 36.4 Å². The molecular weight excluding hydrogens is 352 g/mol. The number of hydrogen-bond donors (Lipinski definition) is 2. The summed E-state index contributed by atoms with van der Waals surface area (Å²) in [5.74, 6) is 1.70. The summed E-state index contributed by atoms with van der Waals surface area (Å²) in [4.78, 5) is 12.5. The van der Waals surface area contributed by atoms with Crippen molar-refractivity contribution in [2.75, 3.05) is 26.4 Å². The van der Waals surface area contributed by atoms with Crippen LogP contribution in [-0.4, -0.2) is 32.4 Å². The fourth-order valence-electron chi connectivity index (χ4n) is 3.52. The quantitative estimate of drug-likeness (QED) is 0.685. The minimum absolute atomic E-state index is 0.183. The maximum absolute atomic E-state index is 12.5. The van der Waals surface area contributed by atoms with Gasteiger partial charge in [0.1, 0.15) is 5.75 Å². The van der Waals surface area contributed by atoms with E-state index < -0.39 is 0 Å². The van der Waals surface area contributed by atoms with Crippen molar-refractivity contribution in [3.05, 3.63) is 65.2 Å². The van der Waals surface area contributed by atoms with E-state index in [4.69, 9.17) is 9.47 Å². The number of carbonyl (C=O) groups excluding carboxylic acids is 1. The van der Waals surface area contributed by atoms with Crippen LogP contribution in [0.4, 0.5) is 4.79 Å². The molecule has 5 nitrogen and oxygen atoms in total. The molecule has 1 unspecified atom stereocenters. The van der Waals surface area contributed by atoms with E-state index in [0.29, 0.717) is 13.2 Å². The lowest BCUT2D eigenvalue weighted by Crippen LogP contribution is -2.40. The first kappa shape index (κ1) is 18.8. The van der Waals surface area contributed by atoms with Crippen molar-refractivity contribution in [3.63, 3.8) is 0 Å². The van der Waals surface area contributed by atoms with E-state index in [2.05, 4.69) is 16.7 Å². The predicted molar refractivity (Wildman–Crippen MR) is 109 cm³/mol. The summed E-state index contributed by atoms with van der Waals surface area (Å²) in [5.41, 5.74) is 3.33. The second-order valence-corrected chi connectivity index (χ2v) is 7.58. The van der Waals surface area contributed by atoms with Crippen LogP contribution in [0.2, 0.25) is 0 Å². The number of aryl methyl sites for hydroxylation is 1. The number of benzene rings is 2.